The Labute approximate surface area is 135 Å². The van der Waals surface area contributed by atoms with Crippen molar-refractivity contribution in [2.24, 2.45) is 5.92 Å². The van der Waals surface area contributed by atoms with E-state index in [2.05, 4.69) is 20.6 Å². The minimum Gasteiger partial charge on any atom is -0.352 e. The number of amides is 2. The predicted molar refractivity (Wildman–Crippen MR) is 86.8 cm³/mol. The highest BCUT2D eigenvalue weighted by Gasteiger charge is 2.12. The van der Waals surface area contributed by atoms with Gasteiger partial charge in [0, 0.05) is 37.2 Å². The summed E-state index contributed by atoms with van der Waals surface area (Å²) in [6, 6.07) is 6.76. The Bertz CT molecular complexity index is 671. The van der Waals surface area contributed by atoms with E-state index in [-0.39, 0.29) is 17.5 Å². The van der Waals surface area contributed by atoms with Crippen molar-refractivity contribution in [2.75, 3.05) is 6.54 Å². The van der Waals surface area contributed by atoms with Crippen molar-refractivity contribution in [3.63, 3.8) is 0 Å². The maximum Gasteiger partial charge on any atom is 0.270 e. The van der Waals surface area contributed by atoms with Crippen LogP contribution in [-0.2, 0) is 6.54 Å². The molecule has 0 fully saturated rings. The fraction of sp³-hybridized carbons (Fsp3) is 0.294. The van der Waals surface area contributed by atoms with E-state index in [1.807, 2.05) is 19.9 Å². The van der Waals surface area contributed by atoms with Crippen LogP contribution in [0.3, 0.4) is 0 Å². The average Bonchev–Trinajstić information content (AvgIpc) is 2.58. The summed E-state index contributed by atoms with van der Waals surface area (Å²) in [6.07, 6.45) is 4.82. The zero-order valence-electron chi connectivity index (χ0n) is 13.2. The molecule has 0 bridgehead atoms. The van der Waals surface area contributed by atoms with Crippen molar-refractivity contribution in [3.8, 4) is 0 Å². The van der Waals surface area contributed by atoms with Crippen molar-refractivity contribution in [3.05, 3.63) is 59.7 Å². The van der Waals surface area contributed by atoms with Gasteiger partial charge in [-0.05, 0) is 29.7 Å². The number of aromatic nitrogens is 2. The molecule has 0 unspecified atom stereocenters. The van der Waals surface area contributed by atoms with Gasteiger partial charge >= 0.3 is 0 Å². The summed E-state index contributed by atoms with van der Waals surface area (Å²) < 4.78 is 0. The number of rotatable bonds is 6. The van der Waals surface area contributed by atoms with E-state index >= 15 is 0 Å². The lowest BCUT2D eigenvalue weighted by atomic mass is 10.2. The van der Waals surface area contributed by atoms with Crippen LogP contribution in [0.25, 0.3) is 0 Å². The standard InChI is InChI=1S/C17H20N4O2/c1-12(2)9-20-16(22)14-5-7-19-15(8-14)17(23)21-11-13-4-3-6-18-10-13/h3-8,10,12H,9,11H2,1-2H3,(H,20,22)(H,21,23). The van der Waals surface area contributed by atoms with Gasteiger partial charge in [0.1, 0.15) is 5.69 Å². The van der Waals surface area contributed by atoms with Gasteiger partial charge in [-0.2, -0.15) is 0 Å². The van der Waals surface area contributed by atoms with E-state index in [0.29, 0.717) is 24.6 Å². The SMILES string of the molecule is CC(C)CNC(=O)c1ccnc(C(=O)NCc2cccnc2)c1. The fourth-order valence-corrected chi connectivity index (χ4v) is 1.87. The number of pyridine rings is 2. The molecule has 2 rings (SSSR count). The topological polar surface area (TPSA) is 84.0 Å². The van der Waals surface area contributed by atoms with Gasteiger partial charge in [-0.3, -0.25) is 19.6 Å². The minimum atomic E-state index is -0.327. The Morgan fingerprint density at radius 2 is 1.96 bits per heavy atom. The first-order valence-corrected chi connectivity index (χ1v) is 7.47. The smallest absolute Gasteiger partial charge is 0.270 e. The Hall–Kier alpha value is -2.76. The van der Waals surface area contributed by atoms with Crippen molar-refractivity contribution in [2.45, 2.75) is 20.4 Å². The lowest BCUT2D eigenvalue weighted by Gasteiger charge is -2.09. The van der Waals surface area contributed by atoms with Gasteiger partial charge in [-0.15, -0.1) is 0 Å². The van der Waals surface area contributed by atoms with Gasteiger partial charge in [-0.1, -0.05) is 19.9 Å². The van der Waals surface area contributed by atoms with E-state index in [9.17, 15) is 9.59 Å². The normalized spacial score (nSPS) is 10.4. The number of nitrogens with one attached hydrogen (secondary N) is 2. The third-order valence-electron chi connectivity index (χ3n) is 3.10. The maximum atomic E-state index is 12.1. The molecular weight excluding hydrogens is 292 g/mol. The highest BCUT2D eigenvalue weighted by atomic mass is 16.2. The summed E-state index contributed by atoms with van der Waals surface area (Å²) >= 11 is 0. The molecule has 0 radical (unpaired) electrons. The van der Waals surface area contributed by atoms with E-state index in [1.165, 1.54) is 12.3 Å². The van der Waals surface area contributed by atoms with E-state index in [4.69, 9.17) is 0 Å². The molecule has 2 N–H and O–H groups in total. The number of nitrogens with zero attached hydrogens (tertiary/aromatic N) is 2. The number of hydrogen-bond donors (Lipinski definition) is 2. The Kier molecular flexibility index (Phi) is 5.80. The number of carbonyl (C=O) groups is 2. The Morgan fingerprint density at radius 1 is 1.13 bits per heavy atom. The van der Waals surface area contributed by atoms with Crippen LogP contribution < -0.4 is 10.6 Å². The second-order valence-electron chi connectivity index (χ2n) is 5.58. The molecule has 0 aromatic carbocycles. The highest BCUT2D eigenvalue weighted by molar-refractivity contribution is 5.98. The summed E-state index contributed by atoms with van der Waals surface area (Å²) in [5.41, 5.74) is 1.53. The maximum absolute atomic E-state index is 12.1. The summed E-state index contributed by atoms with van der Waals surface area (Å²) in [6.45, 7) is 4.98. The molecule has 120 valence electrons. The van der Waals surface area contributed by atoms with Crippen LogP contribution >= 0.6 is 0 Å². The molecule has 2 heterocycles. The quantitative estimate of drug-likeness (QED) is 0.852. The lowest BCUT2D eigenvalue weighted by molar-refractivity contribution is 0.0946. The number of hydrogen-bond acceptors (Lipinski definition) is 4. The first kappa shape index (κ1) is 16.6. The Morgan fingerprint density at radius 3 is 2.65 bits per heavy atom. The van der Waals surface area contributed by atoms with Crippen LogP contribution in [0.5, 0.6) is 0 Å². The van der Waals surface area contributed by atoms with Gasteiger partial charge < -0.3 is 10.6 Å². The molecule has 0 aliphatic carbocycles. The summed E-state index contributed by atoms with van der Waals surface area (Å²) in [7, 11) is 0. The summed E-state index contributed by atoms with van der Waals surface area (Å²) in [5, 5.41) is 5.57. The third-order valence-corrected chi connectivity index (χ3v) is 3.10. The minimum absolute atomic E-state index is 0.206. The van der Waals surface area contributed by atoms with Crippen molar-refractivity contribution in [1.29, 1.82) is 0 Å². The molecule has 23 heavy (non-hydrogen) atoms. The molecule has 0 atom stereocenters. The zero-order valence-corrected chi connectivity index (χ0v) is 13.2. The average molecular weight is 312 g/mol. The molecule has 0 saturated heterocycles. The molecule has 0 saturated carbocycles. The molecule has 0 spiro atoms. The monoisotopic (exact) mass is 312 g/mol. The van der Waals surface area contributed by atoms with Crippen LogP contribution in [0.4, 0.5) is 0 Å². The van der Waals surface area contributed by atoms with Gasteiger partial charge in [-0.25, -0.2) is 0 Å². The molecular formula is C17H20N4O2. The van der Waals surface area contributed by atoms with Crippen molar-refractivity contribution >= 4 is 11.8 Å². The lowest BCUT2D eigenvalue weighted by Crippen LogP contribution is -2.28. The number of carbonyl (C=O) groups excluding carboxylic acids is 2. The van der Waals surface area contributed by atoms with E-state index < -0.39 is 0 Å². The van der Waals surface area contributed by atoms with Crippen LogP contribution in [0.15, 0.2) is 42.9 Å². The summed E-state index contributed by atoms with van der Waals surface area (Å²) in [5.74, 6) is -0.169. The molecule has 2 aromatic heterocycles. The second kappa shape index (κ2) is 8.03. The van der Waals surface area contributed by atoms with Crippen LogP contribution in [0.1, 0.15) is 40.3 Å². The van der Waals surface area contributed by atoms with Crippen molar-refractivity contribution in [1.82, 2.24) is 20.6 Å². The zero-order chi connectivity index (χ0) is 16.7. The van der Waals surface area contributed by atoms with E-state index in [1.54, 1.807) is 24.5 Å². The van der Waals surface area contributed by atoms with Gasteiger partial charge in [0.05, 0.1) is 0 Å². The van der Waals surface area contributed by atoms with Gasteiger partial charge in [0.25, 0.3) is 11.8 Å². The Balaban J connectivity index is 1.98. The van der Waals surface area contributed by atoms with Gasteiger partial charge in [0.2, 0.25) is 0 Å². The van der Waals surface area contributed by atoms with Gasteiger partial charge in [0.15, 0.2) is 0 Å². The fourth-order valence-electron chi connectivity index (χ4n) is 1.87. The molecule has 6 heteroatoms. The molecule has 2 aromatic rings. The predicted octanol–water partition coefficient (Wildman–Crippen LogP) is 1.79. The molecule has 0 aliphatic heterocycles. The third kappa shape index (κ3) is 5.18. The largest absolute Gasteiger partial charge is 0.352 e. The summed E-state index contributed by atoms with van der Waals surface area (Å²) in [4.78, 5) is 32.2. The van der Waals surface area contributed by atoms with Crippen LogP contribution in [0.2, 0.25) is 0 Å². The molecule has 2 amide bonds. The van der Waals surface area contributed by atoms with Crippen LogP contribution in [-0.4, -0.2) is 28.3 Å². The first-order valence-electron chi connectivity index (χ1n) is 7.47. The van der Waals surface area contributed by atoms with E-state index in [0.717, 1.165) is 5.56 Å². The molecule has 6 nitrogen and oxygen atoms in total. The molecule has 0 aliphatic rings. The second-order valence-corrected chi connectivity index (χ2v) is 5.58. The van der Waals surface area contributed by atoms with Crippen molar-refractivity contribution < 1.29 is 9.59 Å². The highest BCUT2D eigenvalue weighted by Crippen LogP contribution is 2.03. The van der Waals surface area contributed by atoms with Crippen LogP contribution in [0, 0.1) is 5.92 Å². The first-order chi connectivity index (χ1) is 11.1.